The van der Waals surface area contributed by atoms with Gasteiger partial charge in [-0.15, -0.1) is 0 Å². The lowest BCUT2D eigenvalue weighted by atomic mass is 9.83. The number of fused-ring (bicyclic) bond motifs is 2. The molecule has 278 valence electrons. The molecule has 0 aromatic heterocycles. The minimum Gasteiger partial charge on any atom is -0.224 e. The predicted molar refractivity (Wildman–Crippen MR) is 223 cm³/mol. The van der Waals surface area contributed by atoms with Gasteiger partial charge in [0.25, 0.3) is 0 Å². The fraction of sp³-hybridized carbons (Fsp3) is 0.422. The van der Waals surface area contributed by atoms with E-state index in [9.17, 15) is 23.1 Å². The van der Waals surface area contributed by atoms with E-state index in [1.54, 1.807) is 0 Å². The molecule has 0 bridgehead atoms. The molecule has 5 aromatic carbocycles. The molecule has 0 spiro atoms. The van der Waals surface area contributed by atoms with Crippen LogP contribution in [0.15, 0.2) is 65.6 Å². The monoisotopic (exact) mass is 741 g/mol. The molecule has 0 saturated carbocycles. The van der Waals surface area contributed by atoms with Crippen molar-refractivity contribution in [1.82, 2.24) is 0 Å². The summed E-state index contributed by atoms with van der Waals surface area (Å²) in [7, 11) is -8.46. The van der Waals surface area contributed by atoms with E-state index < -0.39 is 17.8 Å². The third kappa shape index (κ3) is 8.48. The molecule has 0 aliphatic rings. The topological polar surface area (TPSA) is 94.8 Å². The summed E-state index contributed by atoms with van der Waals surface area (Å²) in [4.78, 5) is 33.6. The standard InChI is InChI=1S/C45H58O5PS/c1-8-14-30-22-32(16-10-3)38-28-40(34(18-12-5)26-36(38)24-30)44-42(51(46,47)48)20-21-43(52(7,49)50)45(44)41-29-39-33(17-11-4)23-31(15-9-2)25-37(39)27-35(41)19-13-6/h20-29,46-48H,8-19H2,1-7H3/q+1. The lowest BCUT2D eigenvalue weighted by molar-refractivity contribution is 0.347. The minimum absolute atomic E-state index is 0.0270. The summed E-state index contributed by atoms with van der Waals surface area (Å²) in [6.45, 7) is 13.0. The molecular formula is C45H58O5PS+. The number of sulfone groups is 1. The summed E-state index contributed by atoms with van der Waals surface area (Å²) in [6, 6.07) is 20.7. The van der Waals surface area contributed by atoms with Crippen molar-refractivity contribution in [2.24, 2.45) is 0 Å². The average Bonchev–Trinajstić information content (AvgIpc) is 3.07. The van der Waals surface area contributed by atoms with Gasteiger partial charge in [-0.2, -0.15) is 14.7 Å². The zero-order chi connectivity index (χ0) is 37.8. The molecule has 5 aromatic rings. The van der Waals surface area contributed by atoms with Crippen LogP contribution in [-0.2, 0) is 48.4 Å². The summed E-state index contributed by atoms with van der Waals surface area (Å²) in [6.07, 6.45) is 12.1. The fourth-order valence-electron chi connectivity index (χ4n) is 8.12. The van der Waals surface area contributed by atoms with Gasteiger partial charge in [0.05, 0.1) is 4.90 Å². The van der Waals surface area contributed by atoms with E-state index in [1.165, 1.54) is 40.6 Å². The van der Waals surface area contributed by atoms with Gasteiger partial charge in [-0.05, 0) is 129 Å². The highest BCUT2D eigenvalue weighted by Gasteiger charge is 2.41. The van der Waals surface area contributed by atoms with Crippen LogP contribution in [0.2, 0.25) is 0 Å². The molecule has 0 amide bonds. The Labute approximate surface area is 312 Å². The lowest BCUT2D eigenvalue weighted by Crippen LogP contribution is -2.17. The summed E-state index contributed by atoms with van der Waals surface area (Å²) in [5.74, 6) is 0. The first kappa shape index (κ1) is 40.1. The second-order valence-electron chi connectivity index (χ2n) is 14.6. The van der Waals surface area contributed by atoms with E-state index in [2.05, 4.69) is 90.1 Å². The van der Waals surface area contributed by atoms with Crippen LogP contribution in [0, 0.1) is 0 Å². The van der Waals surface area contributed by atoms with E-state index in [1.807, 2.05) is 0 Å². The van der Waals surface area contributed by atoms with Crippen LogP contribution in [0.1, 0.15) is 113 Å². The zero-order valence-electron chi connectivity index (χ0n) is 32.3. The molecular weight excluding hydrogens is 684 g/mol. The molecule has 0 radical (unpaired) electrons. The third-order valence-electron chi connectivity index (χ3n) is 10.2. The summed E-state index contributed by atoms with van der Waals surface area (Å²) < 4.78 is 27.7. The smallest absolute Gasteiger partial charge is 0.224 e. The SMILES string of the molecule is CCCc1cc(CCC)c2cc(-c3c([P+](O)(O)O)ccc(S(C)(=O)=O)c3-c3cc4c(CCC)cc(CCC)cc4cc3CCC)c(CCC)cc2c1. The van der Waals surface area contributed by atoms with Crippen molar-refractivity contribution in [3.05, 3.63) is 94.0 Å². The Kier molecular flexibility index (Phi) is 13.0. The number of hydrogen-bond donors (Lipinski definition) is 3. The normalized spacial score (nSPS) is 12.3. The van der Waals surface area contributed by atoms with Gasteiger partial charge in [0.2, 0.25) is 0 Å². The highest BCUT2D eigenvalue weighted by Crippen LogP contribution is 2.51. The Balaban J connectivity index is 2.03. The Bertz CT molecular complexity index is 2180. The molecule has 0 fully saturated rings. The molecule has 0 aliphatic carbocycles. The van der Waals surface area contributed by atoms with Crippen molar-refractivity contribution in [2.45, 2.75) is 123 Å². The first-order valence-corrected chi connectivity index (χ1v) is 23.0. The van der Waals surface area contributed by atoms with E-state index in [0.29, 0.717) is 24.0 Å². The second-order valence-corrected chi connectivity index (χ2v) is 18.2. The van der Waals surface area contributed by atoms with E-state index in [4.69, 9.17) is 0 Å². The maximum absolute atomic E-state index is 13.9. The van der Waals surface area contributed by atoms with E-state index in [0.717, 1.165) is 108 Å². The van der Waals surface area contributed by atoms with Crippen LogP contribution >= 0.6 is 7.94 Å². The van der Waals surface area contributed by atoms with Gasteiger partial charge in [0.15, 0.2) is 15.1 Å². The van der Waals surface area contributed by atoms with Gasteiger partial charge in [0, 0.05) is 17.4 Å². The van der Waals surface area contributed by atoms with Crippen molar-refractivity contribution in [3.8, 4) is 22.3 Å². The zero-order valence-corrected chi connectivity index (χ0v) is 34.0. The summed E-state index contributed by atoms with van der Waals surface area (Å²) in [5.41, 5.74) is 9.36. The molecule has 0 aliphatic heterocycles. The van der Waals surface area contributed by atoms with E-state index in [-0.39, 0.29) is 10.2 Å². The number of benzene rings is 5. The molecule has 0 unspecified atom stereocenters. The Morgan fingerprint density at radius 1 is 0.500 bits per heavy atom. The van der Waals surface area contributed by atoms with E-state index >= 15 is 0 Å². The van der Waals surface area contributed by atoms with Crippen LogP contribution < -0.4 is 5.30 Å². The van der Waals surface area contributed by atoms with Crippen molar-refractivity contribution >= 4 is 44.6 Å². The molecule has 52 heavy (non-hydrogen) atoms. The molecule has 5 rings (SSSR count). The molecule has 5 nitrogen and oxygen atoms in total. The quantitative estimate of drug-likeness (QED) is 0.0875. The highest BCUT2D eigenvalue weighted by molar-refractivity contribution is 7.90. The van der Waals surface area contributed by atoms with Crippen molar-refractivity contribution in [2.75, 3.05) is 6.26 Å². The summed E-state index contributed by atoms with van der Waals surface area (Å²) >= 11 is 0. The molecule has 0 atom stereocenters. The number of aryl methyl sites for hydroxylation is 6. The van der Waals surface area contributed by atoms with Gasteiger partial charge in [0.1, 0.15) is 0 Å². The highest BCUT2D eigenvalue weighted by atomic mass is 32.2. The van der Waals surface area contributed by atoms with Crippen molar-refractivity contribution in [1.29, 1.82) is 0 Å². The van der Waals surface area contributed by atoms with Gasteiger partial charge >= 0.3 is 7.94 Å². The van der Waals surface area contributed by atoms with Gasteiger partial charge in [-0.3, -0.25) is 0 Å². The van der Waals surface area contributed by atoms with Gasteiger partial charge < -0.3 is 0 Å². The molecule has 0 saturated heterocycles. The van der Waals surface area contributed by atoms with Crippen LogP contribution in [0.25, 0.3) is 43.8 Å². The predicted octanol–water partition coefficient (Wildman–Crippen LogP) is 10.8. The maximum atomic E-state index is 13.9. The minimum atomic E-state index is -4.64. The summed E-state index contributed by atoms with van der Waals surface area (Å²) in [5, 5.41) is 4.38. The average molecular weight is 742 g/mol. The van der Waals surface area contributed by atoms with Crippen LogP contribution in [0.5, 0.6) is 0 Å². The third-order valence-corrected chi connectivity index (χ3v) is 12.4. The second kappa shape index (κ2) is 16.9. The lowest BCUT2D eigenvalue weighted by Gasteiger charge is -2.24. The number of rotatable bonds is 16. The van der Waals surface area contributed by atoms with Crippen LogP contribution in [0.3, 0.4) is 0 Å². The van der Waals surface area contributed by atoms with Crippen molar-refractivity contribution < 1.29 is 23.1 Å². The first-order valence-electron chi connectivity index (χ1n) is 19.4. The van der Waals surface area contributed by atoms with Gasteiger partial charge in [-0.25, -0.2) is 8.42 Å². The Morgan fingerprint density at radius 3 is 1.29 bits per heavy atom. The Hall–Kier alpha value is -3.12. The fourth-order valence-corrected chi connectivity index (χ4v) is 9.82. The van der Waals surface area contributed by atoms with Crippen LogP contribution in [0.4, 0.5) is 0 Å². The first-order chi connectivity index (χ1) is 24.8. The molecule has 3 N–H and O–H groups in total. The Morgan fingerprint density at radius 2 is 0.904 bits per heavy atom. The van der Waals surface area contributed by atoms with Crippen molar-refractivity contribution in [3.63, 3.8) is 0 Å². The van der Waals surface area contributed by atoms with Crippen LogP contribution in [-0.4, -0.2) is 29.4 Å². The molecule has 0 heterocycles. The largest absolute Gasteiger partial charge is 0.441 e. The van der Waals surface area contributed by atoms with Gasteiger partial charge in [-0.1, -0.05) is 116 Å². The maximum Gasteiger partial charge on any atom is 0.441 e. The number of hydrogen-bond acceptors (Lipinski definition) is 5. The molecule has 7 heteroatoms.